The Morgan fingerprint density at radius 1 is 1.43 bits per heavy atom. The van der Waals surface area contributed by atoms with Gasteiger partial charge in [-0.25, -0.2) is 0 Å². The van der Waals surface area contributed by atoms with Crippen LogP contribution in [0.4, 0.5) is 0 Å². The molecule has 0 bridgehead atoms. The van der Waals surface area contributed by atoms with Crippen LogP contribution in [-0.4, -0.2) is 0 Å². The first kappa shape index (κ1) is 10.2. The molecule has 1 aromatic heterocycles. The van der Waals surface area contributed by atoms with Crippen LogP contribution in [-0.2, 0) is 5.33 Å². The molecule has 2 aromatic rings. The van der Waals surface area contributed by atoms with Gasteiger partial charge in [-0.15, -0.1) is 11.3 Å². The predicted octanol–water partition coefficient (Wildman–Crippen LogP) is 4.43. The Bertz CT molecular complexity index is 525. The minimum Gasteiger partial charge on any atom is -0.192 e. The number of nitrogens with zero attached hydrogens (tertiary/aromatic N) is 1. The molecule has 4 heteroatoms. The van der Waals surface area contributed by atoms with Gasteiger partial charge in [0, 0.05) is 10.0 Å². The summed E-state index contributed by atoms with van der Waals surface area (Å²) in [6.45, 7) is 0. The first-order chi connectivity index (χ1) is 6.76. The van der Waals surface area contributed by atoms with E-state index in [1.165, 1.54) is 10.1 Å². The summed E-state index contributed by atoms with van der Waals surface area (Å²) in [5, 5.41) is 10.9. The Morgan fingerprint density at radius 3 is 2.86 bits per heavy atom. The van der Waals surface area contributed by atoms with Crippen molar-refractivity contribution >= 4 is 53.3 Å². The lowest BCUT2D eigenvalue weighted by atomic mass is 10.1. The second-order valence-electron chi connectivity index (χ2n) is 2.81. The molecule has 0 amide bonds. The van der Waals surface area contributed by atoms with Gasteiger partial charge >= 0.3 is 0 Å². The largest absolute Gasteiger partial charge is 0.192 e. The summed E-state index contributed by atoms with van der Waals surface area (Å²) in [5.74, 6) is 0. The molecule has 0 N–H and O–H groups in total. The fourth-order valence-corrected chi connectivity index (χ4v) is 3.80. The maximum atomic E-state index is 8.94. The van der Waals surface area contributed by atoms with Crippen LogP contribution in [0.15, 0.2) is 22.0 Å². The third-order valence-corrected chi connectivity index (χ3v) is 4.29. The van der Waals surface area contributed by atoms with Gasteiger partial charge in [-0.1, -0.05) is 22.0 Å². The van der Waals surface area contributed by atoms with Crippen LogP contribution < -0.4 is 0 Å². The highest BCUT2D eigenvalue weighted by Crippen LogP contribution is 2.34. The lowest BCUT2D eigenvalue weighted by molar-refractivity contribution is 1.42. The summed E-state index contributed by atoms with van der Waals surface area (Å²) >= 11 is 8.54. The smallest absolute Gasteiger partial charge is 0.0995 e. The molecule has 1 aromatic carbocycles. The van der Waals surface area contributed by atoms with Gasteiger partial charge in [0.25, 0.3) is 0 Å². The summed E-state index contributed by atoms with van der Waals surface area (Å²) < 4.78 is 2.29. The Kier molecular flexibility index (Phi) is 2.91. The number of fused-ring (bicyclic) bond motifs is 1. The number of thiophene rings is 1. The molecule has 0 aliphatic heterocycles. The van der Waals surface area contributed by atoms with Crippen LogP contribution in [0.5, 0.6) is 0 Å². The van der Waals surface area contributed by atoms with Crippen molar-refractivity contribution in [2.24, 2.45) is 0 Å². The van der Waals surface area contributed by atoms with Crippen molar-refractivity contribution in [2.45, 2.75) is 5.33 Å². The van der Waals surface area contributed by atoms with Gasteiger partial charge in [0.15, 0.2) is 0 Å². The molecule has 0 aliphatic carbocycles. The highest BCUT2D eigenvalue weighted by Gasteiger charge is 2.08. The lowest BCUT2D eigenvalue weighted by Gasteiger charge is -2.00. The number of rotatable bonds is 1. The van der Waals surface area contributed by atoms with E-state index in [1.54, 1.807) is 11.3 Å². The van der Waals surface area contributed by atoms with E-state index in [0.29, 0.717) is 0 Å². The zero-order valence-electron chi connectivity index (χ0n) is 7.05. The fraction of sp³-hybridized carbons (Fsp3) is 0.100. The number of hydrogen-bond donors (Lipinski definition) is 0. The van der Waals surface area contributed by atoms with Crippen LogP contribution in [0.1, 0.15) is 11.1 Å². The maximum absolute atomic E-state index is 8.94. The van der Waals surface area contributed by atoms with Crippen molar-refractivity contribution in [1.82, 2.24) is 0 Å². The number of hydrogen-bond acceptors (Lipinski definition) is 2. The first-order valence-corrected chi connectivity index (χ1v) is 6.66. The quantitative estimate of drug-likeness (QED) is 0.709. The van der Waals surface area contributed by atoms with Crippen molar-refractivity contribution in [3.8, 4) is 6.07 Å². The van der Waals surface area contributed by atoms with Crippen molar-refractivity contribution in [3.05, 3.63) is 33.1 Å². The predicted molar refractivity (Wildman–Crippen MR) is 66.9 cm³/mol. The van der Waals surface area contributed by atoms with Gasteiger partial charge in [0.05, 0.1) is 15.4 Å². The Hall–Kier alpha value is -0.370. The maximum Gasteiger partial charge on any atom is 0.0995 e. The van der Waals surface area contributed by atoms with E-state index < -0.39 is 0 Å². The van der Waals surface area contributed by atoms with Crippen LogP contribution >= 0.6 is 43.2 Å². The van der Waals surface area contributed by atoms with E-state index in [4.69, 9.17) is 5.26 Å². The van der Waals surface area contributed by atoms with E-state index in [1.807, 2.05) is 12.1 Å². The average Bonchev–Trinajstić information content (AvgIpc) is 2.56. The summed E-state index contributed by atoms with van der Waals surface area (Å²) in [4.78, 5) is 0. The first-order valence-electron chi connectivity index (χ1n) is 3.93. The van der Waals surface area contributed by atoms with E-state index in [0.717, 1.165) is 20.2 Å². The lowest BCUT2D eigenvalue weighted by Crippen LogP contribution is -1.84. The van der Waals surface area contributed by atoms with Gasteiger partial charge < -0.3 is 0 Å². The van der Waals surface area contributed by atoms with Gasteiger partial charge in [0.2, 0.25) is 0 Å². The highest BCUT2D eigenvalue weighted by atomic mass is 79.9. The molecule has 0 aliphatic rings. The molecule has 0 radical (unpaired) electrons. The molecule has 0 atom stereocenters. The number of benzene rings is 1. The topological polar surface area (TPSA) is 23.8 Å². The normalized spacial score (nSPS) is 10.4. The van der Waals surface area contributed by atoms with Crippen molar-refractivity contribution < 1.29 is 0 Å². The minimum absolute atomic E-state index is 0.722. The monoisotopic (exact) mass is 329 g/mol. The zero-order valence-corrected chi connectivity index (χ0v) is 11.0. The third-order valence-electron chi connectivity index (χ3n) is 2.01. The summed E-state index contributed by atoms with van der Waals surface area (Å²) in [5.41, 5.74) is 1.84. The summed E-state index contributed by atoms with van der Waals surface area (Å²) in [6, 6.07) is 8.15. The standard InChI is InChI=1S/C10H5Br2NS/c11-4-8-7(5-13)2-1-6-3-9(12)14-10(6)8/h1-3H,4H2. The van der Waals surface area contributed by atoms with Gasteiger partial charge in [-0.05, 0) is 39.0 Å². The van der Waals surface area contributed by atoms with E-state index >= 15 is 0 Å². The highest BCUT2D eigenvalue weighted by molar-refractivity contribution is 9.11. The molecule has 0 fully saturated rings. The van der Waals surface area contributed by atoms with E-state index in [9.17, 15) is 0 Å². The molecule has 0 unspecified atom stereocenters. The average molecular weight is 331 g/mol. The Labute approximate surface area is 103 Å². The Morgan fingerprint density at radius 2 is 2.21 bits per heavy atom. The molecular formula is C10H5Br2NS. The van der Waals surface area contributed by atoms with E-state index in [-0.39, 0.29) is 0 Å². The number of halogens is 2. The van der Waals surface area contributed by atoms with Gasteiger partial charge in [-0.3, -0.25) is 0 Å². The summed E-state index contributed by atoms with van der Waals surface area (Å²) in [6.07, 6.45) is 0. The van der Waals surface area contributed by atoms with Crippen molar-refractivity contribution in [1.29, 1.82) is 5.26 Å². The van der Waals surface area contributed by atoms with Gasteiger partial charge in [0.1, 0.15) is 0 Å². The fourth-order valence-electron chi connectivity index (χ4n) is 1.37. The molecule has 0 saturated carbocycles. The van der Waals surface area contributed by atoms with Crippen molar-refractivity contribution in [2.75, 3.05) is 0 Å². The summed E-state index contributed by atoms with van der Waals surface area (Å²) in [7, 11) is 0. The van der Waals surface area contributed by atoms with E-state index in [2.05, 4.69) is 44.0 Å². The molecule has 14 heavy (non-hydrogen) atoms. The zero-order chi connectivity index (χ0) is 10.1. The molecule has 70 valence electrons. The van der Waals surface area contributed by atoms with Crippen LogP contribution in [0.3, 0.4) is 0 Å². The minimum atomic E-state index is 0.722. The molecule has 2 rings (SSSR count). The second kappa shape index (κ2) is 4.01. The van der Waals surface area contributed by atoms with Crippen molar-refractivity contribution in [3.63, 3.8) is 0 Å². The van der Waals surface area contributed by atoms with Crippen LogP contribution in [0, 0.1) is 11.3 Å². The van der Waals surface area contributed by atoms with Crippen LogP contribution in [0.2, 0.25) is 0 Å². The molecule has 0 spiro atoms. The Balaban J connectivity index is 2.84. The molecule has 0 saturated heterocycles. The third kappa shape index (κ3) is 1.60. The second-order valence-corrected chi connectivity index (χ2v) is 5.80. The molecular weight excluding hydrogens is 326 g/mol. The number of nitriles is 1. The van der Waals surface area contributed by atoms with Crippen LogP contribution in [0.25, 0.3) is 10.1 Å². The molecule has 1 nitrogen and oxygen atoms in total. The van der Waals surface area contributed by atoms with Gasteiger partial charge in [-0.2, -0.15) is 5.26 Å². The molecule has 1 heterocycles. The number of alkyl halides is 1. The SMILES string of the molecule is N#Cc1ccc2cc(Br)sc2c1CBr.